The molecule has 0 radical (unpaired) electrons. The van der Waals surface area contributed by atoms with E-state index >= 15 is 0 Å². The maximum Gasteiger partial charge on any atom is 0.339 e. The highest BCUT2D eigenvalue weighted by Gasteiger charge is 2.21. The number of nitrogens with zero attached hydrogens (tertiary/aromatic N) is 1. The van der Waals surface area contributed by atoms with E-state index in [0.29, 0.717) is 10.7 Å². The second-order valence-corrected chi connectivity index (χ2v) is 5.62. The molecule has 21 heavy (non-hydrogen) atoms. The fourth-order valence-corrected chi connectivity index (χ4v) is 2.67. The molecule has 0 saturated heterocycles. The molecule has 0 aromatic heterocycles. The smallest absolute Gasteiger partial charge is 0.339 e. The standard InChI is InChI=1S/C16H15Cl2NO2/c1-10(11-5-3-6-12(17)9-11)19(2)14-8-4-7-13(18)15(14)16(20)21/h3-10H,1-2H3,(H,20,21). The highest BCUT2D eigenvalue weighted by atomic mass is 35.5. The first kappa shape index (κ1) is 15.7. The molecule has 3 nitrogen and oxygen atoms in total. The topological polar surface area (TPSA) is 40.5 Å². The van der Waals surface area contributed by atoms with Gasteiger partial charge in [0.25, 0.3) is 0 Å². The summed E-state index contributed by atoms with van der Waals surface area (Å²) in [6.45, 7) is 1.98. The minimum absolute atomic E-state index is 0.0414. The Morgan fingerprint density at radius 2 is 1.86 bits per heavy atom. The van der Waals surface area contributed by atoms with E-state index in [2.05, 4.69) is 0 Å². The molecular formula is C16H15Cl2NO2. The van der Waals surface area contributed by atoms with Gasteiger partial charge in [0.1, 0.15) is 5.56 Å². The molecule has 0 aliphatic heterocycles. The van der Waals surface area contributed by atoms with Gasteiger partial charge in [-0.05, 0) is 36.8 Å². The Morgan fingerprint density at radius 1 is 1.19 bits per heavy atom. The van der Waals surface area contributed by atoms with Gasteiger partial charge in [0.05, 0.1) is 16.8 Å². The highest BCUT2D eigenvalue weighted by Crippen LogP contribution is 2.32. The van der Waals surface area contributed by atoms with E-state index in [-0.39, 0.29) is 16.6 Å². The molecular weight excluding hydrogens is 309 g/mol. The molecule has 1 N–H and O–H groups in total. The monoisotopic (exact) mass is 323 g/mol. The Hall–Kier alpha value is -1.71. The van der Waals surface area contributed by atoms with Gasteiger partial charge in [-0.3, -0.25) is 0 Å². The lowest BCUT2D eigenvalue weighted by Crippen LogP contribution is -2.24. The maximum absolute atomic E-state index is 11.4. The normalized spacial score (nSPS) is 12.0. The molecule has 0 amide bonds. The van der Waals surface area contributed by atoms with Gasteiger partial charge in [0.2, 0.25) is 0 Å². The van der Waals surface area contributed by atoms with E-state index in [1.54, 1.807) is 24.3 Å². The number of carboxylic acids is 1. The molecule has 5 heteroatoms. The van der Waals surface area contributed by atoms with Crippen molar-refractivity contribution in [3.63, 3.8) is 0 Å². The Bertz CT molecular complexity index is 673. The van der Waals surface area contributed by atoms with E-state index in [9.17, 15) is 9.90 Å². The number of anilines is 1. The molecule has 0 aliphatic carbocycles. The molecule has 1 atom stereocenters. The third-order valence-electron chi connectivity index (χ3n) is 3.50. The highest BCUT2D eigenvalue weighted by molar-refractivity contribution is 6.34. The quantitative estimate of drug-likeness (QED) is 0.870. The SMILES string of the molecule is CC(c1cccc(Cl)c1)N(C)c1cccc(Cl)c1C(=O)O. The maximum atomic E-state index is 11.4. The number of benzene rings is 2. The van der Waals surface area contributed by atoms with Crippen molar-refractivity contribution in [2.24, 2.45) is 0 Å². The van der Waals surface area contributed by atoms with Gasteiger partial charge in [-0.2, -0.15) is 0 Å². The molecule has 2 aromatic rings. The third kappa shape index (κ3) is 3.31. The van der Waals surface area contributed by atoms with Gasteiger partial charge >= 0.3 is 5.97 Å². The molecule has 0 aliphatic rings. The summed E-state index contributed by atoms with van der Waals surface area (Å²) in [4.78, 5) is 13.3. The molecule has 0 fully saturated rings. The summed E-state index contributed by atoms with van der Waals surface area (Å²) in [6.07, 6.45) is 0. The number of hydrogen-bond donors (Lipinski definition) is 1. The third-order valence-corrected chi connectivity index (χ3v) is 4.05. The van der Waals surface area contributed by atoms with Crippen LogP contribution in [0.5, 0.6) is 0 Å². The minimum Gasteiger partial charge on any atom is -0.478 e. The van der Waals surface area contributed by atoms with Crippen LogP contribution < -0.4 is 4.90 Å². The zero-order valence-corrected chi connectivity index (χ0v) is 13.2. The number of aromatic carboxylic acids is 1. The predicted molar refractivity (Wildman–Crippen MR) is 86.7 cm³/mol. The van der Waals surface area contributed by atoms with E-state index in [4.69, 9.17) is 23.2 Å². The molecule has 0 spiro atoms. The summed E-state index contributed by atoms with van der Waals surface area (Å²) >= 11 is 12.0. The zero-order chi connectivity index (χ0) is 15.6. The summed E-state index contributed by atoms with van der Waals surface area (Å²) < 4.78 is 0. The van der Waals surface area contributed by atoms with Crippen LogP contribution in [0.3, 0.4) is 0 Å². The number of hydrogen-bond acceptors (Lipinski definition) is 2. The van der Waals surface area contributed by atoms with E-state index in [0.717, 1.165) is 5.56 Å². The fourth-order valence-electron chi connectivity index (χ4n) is 2.22. The van der Waals surface area contributed by atoms with Crippen LogP contribution in [0, 0.1) is 0 Å². The Kier molecular flexibility index (Phi) is 4.76. The van der Waals surface area contributed by atoms with Gasteiger partial charge in [-0.1, -0.05) is 41.4 Å². The van der Waals surface area contributed by atoms with Crippen molar-refractivity contribution in [1.82, 2.24) is 0 Å². The van der Waals surface area contributed by atoms with Crippen molar-refractivity contribution in [3.05, 3.63) is 63.6 Å². The molecule has 0 saturated carbocycles. The van der Waals surface area contributed by atoms with Crippen LogP contribution in [0.4, 0.5) is 5.69 Å². The second kappa shape index (κ2) is 6.37. The van der Waals surface area contributed by atoms with E-state index < -0.39 is 5.97 Å². The van der Waals surface area contributed by atoms with Crippen molar-refractivity contribution in [1.29, 1.82) is 0 Å². The first-order valence-electron chi connectivity index (χ1n) is 6.42. The largest absolute Gasteiger partial charge is 0.478 e. The van der Waals surface area contributed by atoms with Crippen molar-refractivity contribution in [2.45, 2.75) is 13.0 Å². The molecule has 2 rings (SSSR count). The Labute approximate surface area is 133 Å². The number of halogens is 2. The number of rotatable bonds is 4. The van der Waals surface area contributed by atoms with Crippen molar-refractivity contribution in [2.75, 3.05) is 11.9 Å². The van der Waals surface area contributed by atoms with Crippen LogP contribution >= 0.6 is 23.2 Å². The van der Waals surface area contributed by atoms with Crippen LogP contribution in [0.25, 0.3) is 0 Å². The summed E-state index contributed by atoms with van der Waals surface area (Å²) in [5.74, 6) is -1.04. The lowest BCUT2D eigenvalue weighted by Gasteiger charge is -2.29. The van der Waals surface area contributed by atoms with Gasteiger partial charge in [-0.25, -0.2) is 4.79 Å². The van der Waals surface area contributed by atoms with E-state index in [1.165, 1.54) is 0 Å². The minimum atomic E-state index is -1.04. The van der Waals surface area contributed by atoms with Gasteiger partial charge in [0, 0.05) is 12.1 Å². The first-order chi connectivity index (χ1) is 9.91. The lowest BCUT2D eigenvalue weighted by atomic mass is 10.0. The number of carboxylic acid groups (broad SMARTS) is 1. The summed E-state index contributed by atoms with van der Waals surface area (Å²) in [5.41, 5.74) is 1.68. The second-order valence-electron chi connectivity index (χ2n) is 4.78. The molecule has 2 aromatic carbocycles. The zero-order valence-electron chi connectivity index (χ0n) is 11.7. The fraction of sp³-hybridized carbons (Fsp3) is 0.188. The first-order valence-corrected chi connectivity index (χ1v) is 7.17. The lowest BCUT2D eigenvalue weighted by molar-refractivity contribution is 0.0697. The van der Waals surface area contributed by atoms with Crippen LogP contribution in [0.2, 0.25) is 10.0 Å². The van der Waals surface area contributed by atoms with Crippen molar-refractivity contribution in [3.8, 4) is 0 Å². The number of carbonyl (C=O) groups is 1. The summed E-state index contributed by atoms with van der Waals surface area (Å²) in [5, 5.41) is 10.2. The summed E-state index contributed by atoms with van der Waals surface area (Å²) in [6, 6.07) is 12.5. The molecule has 0 bridgehead atoms. The average molecular weight is 324 g/mol. The van der Waals surface area contributed by atoms with Crippen LogP contribution in [0.1, 0.15) is 28.9 Å². The van der Waals surface area contributed by atoms with Gasteiger partial charge in [-0.15, -0.1) is 0 Å². The van der Waals surface area contributed by atoms with Crippen molar-refractivity contribution < 1.29 is 9.90 Å². The predicted octanol–water partition coefficient (Wildman–Crippen LogP) is 4.89. The molecule has 1 unspecified atom stereocenters. The molecule has 110 valence electrons. The van der Waals surface area contributed by atoms with Crippen molar-refractivity contribution >= 4 is 34.9 Å². The van der Waals surface area contributed by atoms with Crippen LogP contribution in [0.15, 0.2) is 42.5 Å². The van der Waals surface area contributed by atoms with Gasteiger partial charge < -0.3 is 10.0 Å². The average Bonchev–Trinajstić information content (AvgIpc) is 2.45. The Balaban J connectivity index is 2.43. The van der Waals surface area contributed by atoms with Crippen LogP contribution in [-0.4, -0.2) is 18.1 Å². The van der Waals surface area contributed by atoms with Crippen LogP contribution in [-0.2, 0) is 0 Å². The Morgan fingerprint density at radius 3 is 2.48 bits per heavy atom. The van der Waals surface area contributed by atoms with Gasteiger partial charge in [0.15, 0.2) is 0 Å². The molecule has 0 heterocycles. The summed E-state index contributed by atoms with van der Waals surface area (Å²) in [7, 11) is 1.84. The van der Waals surface area contributed by atoms with E-state index in [1.807, 2.05) is 37.1 Å².